The number of phenolic OH excluding ortho intramolecular Hbond substituents is 2. The van der Waals surface area contributed by atoms with Gasteiger partial charge in [0.05, 0.1) is 15.2 Å². The number of aryl methyl sites for hydroxylation is 1. The number of aromatic hydroxyl groups is 2. The Kier molecular flexibility index (Phi) is 6.86. The van der Waals surface area contributed by atoms with E-state index in [1.807, 2.05) is 19.1 Å². The molecule has 0 radical (unpaired) electrons. The van der Waals surface area contributed by atoms with Crippen molar-refractivity contribution in [2.75, 3.05) is 6.61 Å². The minimum absolute atomic E-state index is 0.127. The summed E-state index contributed by atoms with van der Waals surface area (Å²) in [6, 6.07) is 6.98. The fourth-order valence-corrected chi connectivity index (χ4v) is 3.55. The Morgan fingerprint density at radius 2 is 1.92 bits per heavy atom. The third-order valence-electron chi connectivity index (χ3n) is 3.04. The number of amides is 1. The van der Waals surface area contributed by atoms with Crippen LogP contribution >= 0.6 is 47.8 Å². The lowest BCUT2D eigenvalue weighted by Gasteiger charge is -2.08. The molecule has 0 aliphatic carbocycles. The maximum absolute atomic E-state index is 11.8. The predicted octanol–water partition coefficient (Wildman–Crippen LogP) is 4.22. The molecule has 0 unspecified atom stereocenters. The molecule has 2 aromatic carbocycles. The summed E-state index contributed by atoms with van der Waals surface area (Å²) in [5.74, 6) is -0.233. The summed E-state index contributed by atoms with van der Waals surface area (Å²) < 4.78 is 6.66. The summed E-state index contributed by atoms with van der Waals surface area (Å²) >= 11 is 9.57. The van der Waals surface area contributed by atoms with Crippen LogP contribution in [0, 0.1) is 6.92 Å². The van der Waals surface area contributed by atoms with Crippen molar-refractivity contribution in [1.82, 2.24) is 5.43 Å². The first-order valence-electron chi connectivity index (χ1n) is 6.90. The lowest BCUT2D eigenvalue weighted by atomic mass is 10.2. The van der Waals surface area contributed by atoms with Gasteiger partial charge in [-0.25, -0.2) is 5.43 Å². The Hall–Kier alpha value is -1.58. The van der Waals surface area contributed by atoms with Gasteiger partial charge in [0, 0.05) is 5.56 Å². The summed E-state index contributed by atoms with van der Waals surface area (Å²) in [5.41, 5.74) is 3.67. The Morgan fingerprint density at radius 1 is 1.20 bits per heavy atom. The lowest BCUT2D eigenvalue weighted by Crippen LogP contribution is -2.24. The zero-order chi connectivity index (χ0) is 18.6. The summed E-state index contributed by atoms with van der Waals surface area (Å²) in [6.45, 7) is 1.74. The van der Waals surface area contributed by atoms with Crippen LogP contribution in [0.2, 0.25) is 0 Å². The normalized spacial score (nSPS) is 10.9. The number of rotatable bonds is 5. The standard InChI is InChI=1S/C16H13Br3N2O4/c1-8-2-3-12(10(17)4-8)25-7-13(22)21-20-6-9-5-11(18)16(24)14(19)15(9)23/h2-6,23-24H,7H2,1H3,(H,21,22)/b20-6+. The SMILES string of the molecule is Cc1ccc(OCC(=O)N/N=C/c2cc(Br)c(O)c(Br)c2O)c(Br)c1. The molecule has 0 bridgehead atoms. The molecule has 2 rings (SSSR count). The molecule has 0 aromatic heterocycles. The van der Waals surface area contributed by atoms with E-state index in [1.54, 1.807) is 6.07 Å². The van der Waals surface area contributed by atoms with E-state index in [4.69, 9.17) is 4.74 Å². The van der Waals surface area contributed by atoms with E-state index >= 15 is 0 Å². The third kappa shape index (κ3) is 5.20. The number of halogens is 3. The van der Waals surface area contributed by atoms with Crippen LogP contribution in [0.4, 0.5) is 0 Å². The Labute approximate surface area is 169 Å². The molecule has 0 saturated heterocycles. The van der Waals surface area contributed by atoms with Crippen molar-refractivity contribution in [1.29, 1.82) is 0 Å². The van der Waals surface area contributed by atoms with Crippen molar-refractivity contribution in [3.05, 3.63) is 48.8 Å². The number of hydrogen-bond donors (Lipinski definition) is 3. The van der Waals surface area contributed by atoms with Crippen LogP contribution in [-0.2, 0) is 4.79 Å². The van der Waals surface area contributed by atoms with Crippen LogP contribution in [0.15, 0.2) is 42.8 Å². The summed E-state index contributed by atoms with van der Waals surface area (Å²) in [5, 5.41) is 23.3. The Balaban J connectivity index is 1.95. The summed E-state index contributed by atoms with van der Waals surface area (Å²) in [6.07, 6.45) is 1.25. The van der Waals surface area contributed by atoms with E-state index in [0.717, 1.165) is 10.0 Å². The third-order valence-corrected chi connectivity index (χ3v) is 5.01. The topological polar surface area (TPSA) is 91.2 Å². The van der Waals surface area contributed by atoms with Crippen LogP contribution in [0.3, 0.4) is 0 Å². The molecule has 0 heterocycles. The van der Waals surface area contributed by atoms with Gasteiger partial charge in [0.25, 0.3) is 5.91 Å². The van der Waals surface area contributed by atoms with Gasteiger partial charge in [0.2, 0.25) is 0 Å². The molecule has 3 N–H and O–H groups in total. The highest BCUT2D eigenvalue weighted by Crippen LogP contribution is 2.40. The van der Waals surface area contributed by atoms with Crippen LogP contribution in [-0.4, -0.2) is 28.9 Å². The van der Waals surface area contributed by atoms with Gasteiger partial charge in [-0.1, -0.05) is 6.07 Å². The molecule has 0 atom stereocenters. The monoisotopic (exact) mass is 534 g/mol. The number of hydrogen-bond acceptors (Lipinski definition) is 5. The van der Waals surface area contributed by atoms with Crippen LogP contribution < -0.4 is 10.2 Å². The second kappa shape index (κ2) is 8.68. The first-order valence-corrected chi connectivity index (χ1v) is 9.28. The quantitative estimate of drug-likeness (QED) is 0.394. The van der Waals surface area contributed by atoms with Gasteiger partial charge < -0.3 is 14.9 Å². The van der Waals surface area contributed by atoms with Crippen molar-refractivity contribution in [2.24, 2.45) is 5.10 Å². The highest BCUT2D eigenvalue weighted by molar-refractivity contribution is 9.11. The number of ether oxygens (including phenoxy) is 1. The zero-order valence-corrected chi connectivity index (χ0v) is 17.6. The molecule has 25 heavy (non-hydrogen) atoms. The molecule has 0 saturated carbocycles. The van der Waals surface area contributed by atoms with Crippen LogP contribution in [0.25, 0.3) is 0 Å². The van der Waals surface area contributed by atoms with Gasteiger partial charge in [0.15, 0.2) is 6.61 Å². The highest BCUT2D eigenvalue weighted by Gasteiger charge is 2.13. The van der Waals surface area contributed by atoms with E-state index < -0.39 is 5.91 Å². The molecule has 0 fully saturated rings. The first kappa shape index (κ1) is 19.7. The van der Waals surface area contributed by atoms with E-state index in [-0.39, 0.29) is 22.6 Å². The minimum atomic E-state index is -0.458. The summed E-state index contributed by atoms with van der Waals surface area (Å²) in [7, 11) is 0. The number of carbonyl (C=O) groups is 1. The van der Waals surface area contributed by atoms with Crippen molar-refractivity contribution >= 4 is 59.9 Å². The molecular weight excluding hydrogens is 524 g/mol. The zero-order valence-electron chi connectivity index (χ0n) is 12.9. The number of nitrogens with zero attached hydrogens (tertiary/aromatic N) is 1. The van der Waals surface area contributed by atoms with Crippen molar-refractivity contribution in [3.63, 3.8) is 0 Å². The lowest BCUT2D eigenvalue weighted by molar-refractivity contribution is -0.123. The van der Waals surface area contributed by atoms with E-state index in [9.17, 15) is 15.0 Å². The minimum Gasteiger partial charge on any atom is -0.506 e. The number of hydrazone groups is 1. The molecular formula is C16H13Br3N2O4. The van der Waals surface area contributed by atoms with Gasteiger partial charge in [-0.05, 0) is 78.5 Å². The maximum Gasteiger partial charge on any atom is 0.277 e. The van der Waals surface area contributed by atoms with Gasteiger partial charge in [0.1, 0.15) is 21.7 Å². The molecule has 1 amide bonds. The molecule has 2 aromatic rings. The second-order valence-corrected chi connectivity index (χ2v) is 7.48. The molecule has 9 heteroatoms. The number of nitrogens with one attached hydrogen (secondary N) is 1. The van der Waals surface area contributed by atoms with Gasteiger partial charge >= 0.3 is 0 Å². The first-order chi connectivity index (χ1) is 11.8. The second-order valence-electron chi connectivity index (χ2n) is 4.97. The predicted molar refractivity (Wildman–Crippen MR) is 105 cm³/mol. The van der Waals surface area contributed by atoms with Gasteiger partial charge in [-0.15, -0.1) is 0 Å². The van der Waals surface area contributed by atoms with E-state index in [1.165, 1.54) is 12.3 Å². The number of carbonyl (C=O) groups excluding carboxylic acids is 1. The van der Waals surface area contributed by atoms with Gasteiger partial charge in [-0.3, -0.25) is 4.79 Å². The number of benzene rings is 2. The largest absolute Gasteiger partial charge is 0.506 e. The van der Waals surface area contributed by atoms with Crippen LogP contribution in [0.1, 0.15) is 11.1 Å². The maximum atomic E-state index is 11.8. The van der Waals surface area contributed by atoms with Crippen molar-refractivity contribution in [3.8, 4) is 17.2 Å². The molecule has 0 aliphatic heterocycles. The van der Waals surface area contributed by atoms with Gasteiger partial charge in [-0.2, -0.15) is 5.10 Å². The van der Waals surface area contributed by atoms with E-state index in [0.29, 0.717) is 15.8 Å². The summed E-state index contributed by atoms with van der Waals surface area (Å²) in [4.78, 5) is 11.8. The fraction of sp³-hybridized carbons (Fsp3) is 0.125. The fourth-order valence-electron chi connectivity index (χ4n) is 1.79. The average Bonchev–Trinajstić information content (AvgIpc) is 2.56. The molecule has 6 nitrogen and oxygen atoms in total. The van der Waals surface area contributed by atoms with E-state index in [2.05, 4.69) is 58.3 Å². The highest BCUT2D eigenvalue weighted by atomic mass is 79.9. The molecule has 0 aliphatic rings. The Bertz CT molecular complexity index is 841. The average molecular weight is 537 g/mol. The Morgan fingerprint density at radius 3 is 2.60 bits per heavy atom. The number of phenols is 2. The smallest absolute Gasteiger partial charge is 0.277 e. The molecule has 132 valence electrons. The molecule has 0 spiro atoms. The van der Waals surface area contributed by atoms with Crippen molar-refractivity contribution < 1.29 is 19.7 Å². The van der Waals surface area contributed by atoms with Crippen LogP contribution in [0.5, 0.6) is 17.2 Å². The van der Waals surface area contributed by atoms with Crippen molar-refractivity contribution in [2.45, 2.75) is 6.92 Å².